The van der Waals surface area contributed by atoms with E-state index in [0.717, 1.165) is 5.56 Å². The number of amides is 1. The molecular formula is C16H18N2O4. The first-order valence-electron chi connectivity index (χ1n) is 7.28. The Kier molecular flexibility index (Phi) is 4.22. The first kappa shape index (κ1) is 14.7. The van der Waals surface area contributed by atoms with E-state index in [4.69, 9.17) is 9.26 Å². The van der Waals surface area contributed by atoms with E-state index in [0.29, 0.717) is 37.6 Å². The van der Waals surface area contributed by atoms with E-state index in [2.05, 4.69) is 5.16 Å². The van der Waals surface area contributed by atoms with E-state index < -0.39 is 6.10 Å². The Morgan fingerprint density at radius 2 is 1.95 bits per heavy atom. The summed E-state index contributed by atoms with van der Waals surface area (Å²) in [6.45, 7) is 3.64. The number of nitrogens with zero attached hydrogens (tertiary/aromatic N) is 2. The van der Waals surface area contributed by atoms with Gasteiger partial charge in [0.2, 0.25) is 0 Å². The van der Waals surface area contributed by atoms with Crippen LogP contribution in [0, 0.1) is 0 Å². The topological polar surface area (TPSA) is 75.8 Å². The van der Waals surface area contributed by atoms with Gasteiger partial charge in [-0.2, -0.15) is 0 Å². The average Bonchev–Trinajstić information content (AvgIpc) is 3.01. The number of benzene rings is 1. The van der Waals surface area contributed by atoms with E-state index >= 15 is 0 Å². The molecule has 6 nitrogen and oxygen atoms in total. The minimum Gasteiger partial charge on any atom is -0.385 e. The molecule has 0 aliphatic carbocycles. The smallest absolute Gasteiger partial charge is 0.260 e. The maximum absolute atomic E-state index is 12.8. The maximum atomic E-state index is 12.8. The minimum absolute atomic E-state index is 0.181. The lowest BCUT2D eigenvalue weighted by atomic mass is 10.0. The Morgan fingerprint density at radius 1 is 1.27 bits per heavy atom. The van der Waals surface area contributed by atoms with Gasteiger partial charge >= 0.3 is 0 Å². The third-order valence-corrected chi connectivity index (χ3v) is 3.66. The first-order chi connectivity index (χ1) is 10.7. The molecule has 1 aliphatic heterocycles. The summed E-state index contributed by atoms with van der Waals surface area (Å²) in [7, 11) is 0. The lowest BCUT2D eigenvalue weighted by Gasteiger charge is -2.27. The average molecular weight is 302 g/mol. The highest BCUT2D eigenvalue weighted by Crippen LogP contribution is 2.30. The molecule has 0 spiro atoms. The number of morpholine rings is 1. The number of hydrogen-bond donors (Lipinski definition) is 1. The van der Waals surface area contributed by atoms with Crippen LogP contribution in [0.25, 0.3) is 11.3 Å². The SMILES string of the molecule is CC(O)c1onc(-c2ccccc2)c1C(=O)N1CCOCC1. The highest BCUT2D eigenvalue weighted by Gasteiger charge is 2.30. The van der Waals surface area contributed by atoms with Crippen molar-refractivity contribution in [1.82, 2.24) is 10.1 Å². The van der Waals surface area contributed by atoms with Crippen molar-refractivity contribution in [1.29, 1.82) is 0 Å². The fourth-order valence-electron chi connectivity index (χ4n) is 2.51. The molecular weight excluding hydrogens is 284 g/mol. The monoisotopic (exact) mass is 302 g/mol. The number of aliphatic hydroxyl groups excluding tert-OH is 1. The molecule has 0 radical (unpaired) electrons. The van der Waals surface area contributed by atoms with Crippen LogP contribution in [0.3, 0.4) is 0 Å². The highest BCUT2D eigenvalue weighted by molar-refractivity contribution is 6.01. The molecule has 1 aromatic carbocycles. The van der Waals surface area contributed by atoms with Crippen LogP contribution in [0.4, 0.5) is 0 Å². The van der Waals surface area contributed by atoms with Gasteiger partial charge in [-0.15, -0.1) is 0 Å². The van der Waals surface area contributed by atoms with Crippen LogP contribution < -0.4 is 0 Å². The molecule has 1 unspecified atom stereocenters. The van der Waals surface area contributed by atoms with Crippen molar-refractivity contribution in [2.45, 2.75) is 13.0 Å². The molecule has 1 fully saturated rings. The number of carbonyl (C=O) groups excluding carboxylic acids is 1. The third-order valence-electron chi connectivity index (χ3n) is 3.66. The Balaban J connectivity index is 2.03. The van der Waals surface area contributed by atoms with Gasteiger partial charge in [-0.3, -0.25) is 4.79 Å². The predicted molar refractivity (Wildman–Crippen MR) is 79.3 cm³/mol. The van der Waals surface area contributed by atoms with Crippen molar-refractivity contribution in [2.24, 2.45) is 0 Å². The van der Waals surface area contributed by atoms with Crippen LogP contribution in [0.15, 0.2) is 34.9 Å². The number of aliphatic hydroxyl groups is 1. The van der Waals surface area contributed by atoms with E-state index in [-0.39, 0.29) is 11.7 Å². The van der Waals surface area contributed by atoms with E-state index in [1.54, 1.807) is 11.8 Å². The summed E-state index contributed by atoms with van der Waals surface area (Å²) < 4.78 is 10.5. The predicted octanol–water partition coefficient (Wildman–Crippen LogP) is 1.87. The molecule has 2 heterocycles. The molecule has 0 bridgehead atoms. The molecule has 6 heteroatoms. The molecule has 1 aromatic heterocycles. The lowest BCUT2D eigenvalue weighted by molar-refractivity contribution is 0.0298. The molecule has 3 rings (SSSR count). The van der Waals surface area contributed by atoms with Crippen LogP contribution >= 0.6 is 0 Å². The van der Waals surface area contributed by atoms with Crippen LogP contribution in [0.2, 0.25) is 0 Å². The number of carbonyl (C=O) groups is 1. The van der Waals surface area contributed by atoms with Crippen molar-refractivity contribution in [2.75, 3.05) is 26.3 Å². The van der Waals surface area contributed by atoms with Crippen molar-refractivity contribution < 1.29 is 19.2 Å². The standard InChI is InChI=1S/C16H18N2O4/c1-11(19)15-13(16(20)18-7-9-21-10-8-18)14(17-22-15)12-5-3-2-4-6-12/h2-6,11,19H,7-10H2,1H3. The van der Waals surface area contributed by atoms with Gasteiger partial charge in [0, 0.05) is 18.7 Å². The minimum atomic E-state index is -0.898. The second-order valence-electron chi connectivity index (χ2n) is 5.22. The Labute approximate surface area is 128 Å². The highest BCUT2D eigenvalue weighted by atomic mass is 16.5. The summed E-state index contributed by atoms with van der Waals surface area (Å²) in [6.07, 6.45) is -0.898. The fourth-order valence-corrected chi connectivity index (χ4v) is 2.51. The van der Waals surface area contributed by atoms with Gasteiger partial charge in [0.05, 0.1) is 13.2 Å². The van der Waals surface area contributed by atoms with Gasteiger partial charge < -0.3 is 19.3 Å². The van der Waals surface area contributed by atoms with Gasteiger partial charge in [0.1, 0.15) is 17.4 Å². The number of aromatic nitrogens is 1. The summed E-state index contributed by atoms with van der Waals surface area (Å²) in [5.74, 6) is 0.0228. The Hall–Kier alpha value is -2.18. The normalized spacial score (nSPS) is 16.5. The summed E-state index contributed by atoms with van der Waals surface area (Å²) in [5, 5.41) is 13.9. The fraction of sp³-hybridized carbons (Fsp3) is 0.375. The molecule has 1 amide bonds. The van der Waals surface area contributed by atoms with E-state index in [1.165, 1.54) is 0 Å². The largest absolute Gasteiger partial charge is 0.385 e. The van der Waals surface area contributed by atoms with Crippen LogP contribution in [0.5, 0.6) is 0 Å². The van der Waals surface area contributed by atoms with Gasteiger partial charge in [-0.25, -0.2) is 0 Å². The zero-order valence-electron chi connectivity index (χ0n) is 12.4. The number of ether oxygens (including phenoxy) is 1. The first-order valence-corrected chi connectivity index (χ1v) is 7.28. The quantitative estimate of drug-likeness (QED) is 0.936. The van der Waals surface area contributed by atoms with E-state index in [9.17, 15) is 9.90 Å². The van der Waals surface area contributed by atoms with Crippen molar-refractivity contribution in [3.05, 3.63) is 41.7 Å². The third kappa shape index (κ3) is 2.75. The molecule has 2 aromatic rings. The maximum Gasteiger partial charge on any atom is 0.260 e. The molecule has 1 aliphatic rings. The molecule has 1 saturated heterocycles. The zero-order chi connectivity index (χ0) is 15.5. The molecule has 116 valence electrons. The number of hydrogen-bond acceptors (Lipinski definition) is 5. The Bertz CT molecular complexity index is 645. The summed E-state index contributed by atoms with van der Waals surface area (Å²) in [5.41, 5.74) is 1.59. The second kappa shape index (κ2) is 6.29. The Morgan fingerprint density at radius 3 is 2.59 bits per heavy atom. The summed E-state index contributed by atoms with van der Waals surface area (Å²) in [4.78, 5) is 14.5. The van der Waals surface area contributed by atoms with Crippen LogP contribution in [-0.2, 0) is 4.74 Å². The van der Waals surface area contributed by atoms with E-state index in [1.807, 2.05) is 30.3 Å². The molecule has 22 heavy (non-hydrogen) atoms. The zero-order valence-corrected chi connectivity index (χ0v) is 12.4. The molecule has 1 N–H and O–H groups in total. The van der Waals surface area contributed by atoms with Crippen molar-refractivity contribution in [3.8, 4) is 11.3 Å². The molecule has 0 saturated carbocycles. The second-order valence-corrected chi connectivity index (χ2v) is 5.22. The van der Waals surface area contributed by atoms with Gasteiger partial charge in [-0.1, -0.05) is 35.5 Å². The summed E-state index contributed by atoms with van der Waals surface area (Å²) in [6, 6.07) is 9.35. The molecule has 1 atom stereocenters. The van der Waals surface area contributed by atoms with Crippen molar-refractivity contribution >= 4 is 5.91 Å². The lowest BCUT2D eigenvalue weighted by Crippen LogP contribution is -2.41. The van der Waals surface area contributed by atoms with Crippen molar-refractivity contribution in [3.63, 3.8) is 0 Å². The van der Waals surface area contributed by atoms with Gasteiger partial charge in [0.15, 0.2) is 5.76 Å². The van der Waals surface area contributed by atoms with Gasteiger partial charge in [0.25, 0.3) is 5.91 Å². The van der Waals surface area contributed by atoms with Crippen LogP contribution in [0.1, 0.15) is 29.1 Å². The van der Waals surface area contributed by atoms with Crippen LogP contribution in [-0.4, -0.2) is 47.4 Å². The van der Waals surface area contributed by atoms with Gasteiger partial charge in [-0.05, 0) is 6.92 Å². The number of rotatable bonds is 3. The summed E-state index contributed by atoms with van der Waals surface area (Å²) >= 11 is 0.